The van der Waals surface area contributed by atoms with Gasteiger partial charge in [-0.1, -0.05) is 0 Å². The number of nitriles is 1. The SMILES string of the molecule is CC(C)(C)N1C[C@@H](C#N)C[C@@H]1c1cc(F)ccc1F. The molecule has 0 radical (unpaired) electrons. The fourth-order valence-electron chi connectivity index (χ4n) is 2.74. The maximum atomic E-state index is 13.9. The number of halogens is 2. The van der Waals surface area contributed by atoms with Crippen LogP contribution < -0.4 is 0 Å². The summed E-state index contributed by atoms with van der Waals surface area (Å²) in [4.78, 5) is 2.08. The van der Waals surface area contributed by atoms with Gasteiger partial charge < -0.3 is 0 Å². The lowest BCUT2D eigenvalue weighted by molar-refractivity contribution is 0.118. The van der Waals surface area contributed by atoms with Crippen molar-refractivity contribution < 1.29 is 8.78 Å². The molecular formula is C15H18F2N2. The van der Waals surface area contributed by atoms with E-state index in [1.54, 1.807) is 0 Å². The first-order chi connectivity index (χ1) is 8.82. The minimum absolute atomic E-state index is 0.133. The molecule has 1 heterocycles. The number of rotatable bonds is 1. The van der Waals surface area contributed by atoms with E-state index in [0.717, 1.165) is 12.1 Å². The molecule has 0 aromatic heterocycles. The number of hydrogen-bond acceptors (Lipinski definition) is 2. The Kier molecular flexibility index (Phi) is 3.60. The van der Waals surface area contributed by atoms with E-state index in [9.17, 15) is 8.78 Å². The van der Waals surface area contributed by atoms with Crippen molar-refractivity contribution in [2.24, 2.45) is 5.92 Å². The lowest BCUT2D eigenvalue weighted by Gasteiger charge is -2.37. The van der Waals surface area contributed by atoms with Crippen LogP contribution in [0.2, 0.25) is 0 Å². The van der Waals surface area contributed by atoms with Gasteiger partial charge in [0.1, 0.15) is 11.6 Å². The van der Waals surface area contributed by atoms with Crippen molar-refractivity contribution in [3.05, 3.63) is 35.4 Å². The average molecular weight is 264 g/mol. The summed E-state index contributed by atoms with van der Waals surface area (Å²) in [5, 5.41) is 9.09. The lowest BCUT2D eigenvalue weighted by atomic mass is 9.97. The van der Waals surface area contributed by atoms with E-state index >= 15 is 0 Å². The van der Waals surface area contributed by atoms with E-state index in [1.165, 1.54) is 6.07 Å². The van der Waals surface area contributed by atoms with Crippen LogP contribution in [0.5, 0.6) is 0 Å². The van der Waals surface area contributed by atoms with Gasteiger partial charge in [0.15, 0.2) is 0 Å². The topological polar surface area (TPSA) is 27.0 Å². The van der Waals surface area contributed by atoms with E-state index in [-0.39, 0.29) is 17.5 Å². The average Bonchev–Trinajstić information content (AvgIpc) is 2.76. The highest BCUT2D eigenvalue weighted by Gasteiger charge is 2.40. The van der Waals surface area contributed by atoms with Gasteiger partial charge in [-0.2, -0.15) is 5.26 Å². The Morgan fingerprint density at radius 3 is 2.58 bits per heavy atom. The van der Waals surface area contributed by atoms with Crippen LogP contribution in [0, 0.1) is 28.9 Å². The van der Waals surface area contributed by atoms with Gasteiger partial charge in [0.25, 0.3) is 0 Å². The molecule has 1 aliphatic heterocycles. The monoisotopic (exact) mass is 264 g/mol. The zero-order chi connectivity index (χ0) is 14.2. The van der Waals surface area contributed by atoms with Gasteiger partial charge >= 0.3 is 0 Å². The van der Waals surface area contributed by atoms with Crippen molar-refractivity contribution in [2.45, 2.75) is 38.8 Å². The lowest BCUT2D eigenvalue weighted by Crippen LogP contribution is -2.41. The molecule has 0 bridgehead atoms. The highest BCUT2D eigenvalue weighted by Crippen LogP contribution is 2.40. The van der Waals surface area contributed by atoms with Gasteiger partial charge in [-0.05, 0) is 45.4 Å². The number of benzene rings is 1. The summed E-state index contributed by atoms with van der Waals surface area (Å²) in [6.07, 6.45) is 0.550. The van der Waals surface area contributed by atoms with Crippen molar-refractivity contribution in [1.29, 1.82) is 5.26 Å². The predicted molar refractivity (Wildman–Crippen MR) is 69.3 cm³/mol. The molecule has 0 N–H and O–H groups in total. The first kappa shape index (κ1) is 14.0. The van der Waals surface area contributed by atoms with Gasteiger partial charge in [0.2, 0.25) is 0 Å². The van der Waals surface area contributed by atoms with E-state index < -0.39 is 11.6 Å². The van der Waals surface area contributed by atoms with Crippen LogP contribution >= 0.6 is 0 Å². The second-order valence-corrected chi connectivity index (χ2v) is 6.07. The van der Waals surface area contributed by atoms with Crippen LogP contribution in [0.1, 0.15) is 38.8 Å². The third kappa shape index (κ3) is 2.76. The van der Waals surface area contributed by atoms with Gasteiger partial charge in [-0.3, -0.25) is 4.90 Å². The molecule has 1 saturated heterocycles. The maximum Gasteiger partial charge on any atom is 0.128 e. The molecule has 0 saturated carbocycles. The second kappa shape index (κ2) is 4.90. The maximum absolute atomic E-state index is 13.9. The van der Waals surface area contributed by atoms with Crippen LogP contribution in [0.4, 0.5) is 8.78 Å². The molecule has 0 unspecified atom stereocenters. The quantitative estimate of drug-likeness (QED) is 0.774. The molecule has 2 rings (SSSR count). The van der Waals surface area contributed by atoms with Gasteiger partial charge in [0, 0.05) is 23.7 Å². The highest BCUT2D eigenvalue weighted by atomic mass is 19.1. The molecule has 1 aromatic carbocycles. The molecule has 1 fully saturated rings. The van der Waals surface area contributed by atoms with Crippen molar-refractivity contribution in [1.82, 2.24) is 4.90 Å². The van der Waals surface area contributed by atoms with Crippen molar-refractivity contribution in [3.8, 4) is 6.07 Å². The van der Waals surface area contributed by atoms with E-state index in [1.807, 2.05) is 20.8 Å². The minimum atomic E-state index is -0.439. The molecule has 2 nitrogen and oxygen atoms in total. The van der Waals surface area contributed by atoms with Crippen LogP contribution in [0.3, 0.4) is 0 Å². The molecule has 0 spiro atoms. The molecule has 2 atom stereocenters. The molecule has 0 aliphatic carbocycles. The Morgan fingerprint density at radius 1 is 1.32 bits per heavy atom. The molecule has 19 heavy (non-hydrogen) atoms. The largest absolute Gasteiger partial charge is 0.290 e. The summed E-state index contributed by atoms with van der Waals surface area (Å²) < 4.78 is 27.3. The van der Waals surface area contributed by atoms with E-state index in [4.69, 9.17) is 5.26 Å². The first-order valence-corrected chi connectivity index (χ1v) is 6.44. The molecule has 0 amide bonds. The Hall–Kier alpha value is -1.47. The molecule has 1 aromatic rings. The third-order valence-electron chi connectivity index (χ3n) is 3.66. The molecule has 102 valence electrons. The van der Waals surface area contributed by atoms with Crippen molar-refractivity contribution in [3.63, 3.8) is 0 Å². The highest BCUT2D eigenvalue weighted by molar-refractivity contribution is 5.25. The fraction of sp³-hybridized carbons (Fsp3) is 0.533. The Labute approximate surface area is 112 Å². The van der Waals surface area contributed by atoms with Crippen LogP contribution in [-0.4, -0.2) is 17.0 Å². The van der Waals surface area contributed by atoms with Gasteiger partial charge in [0.05, 0.1) is 12.0 Å². The summed E-state index contributed by atoms with van der Waals surface area (Å²) in [7, 11) is 0. The normalized spacial score (nSPS) is 24.4. The van der Waals surface area contributed by atoms with Gasteiger partial charge in [-0.25, -0.2) is 8.78 Å². The Balaban J connectivity index is 2.41. The first-order valence-electron chi connectivity index (χ1n) is 6.44. The fourth-order valence-corrected chi connectivity index (χ4v) is 2.74. The predicted octanol–water partition coefficient (Wildman–Crippen LogP) is 3.65. The number of likely N-dealkylation sites (tertiary alicyclic amines) is 1. The number of hydrogen-bond donors (Lipinski definition) is 0. The molecule has 4 heteroatoms. The summed E-state index contributed by atoms with van der Waals surface area (Å²) in [5.74, 6) is -0.975. The minimum Gasteiger partial charge on any atom is -0.290 e. The third-order valence-corrected chi connectivity index (χ3v) is 3.66. The van der Waals surface area contributed by atoms with Crippen LogP contribution in [0.25, 0.3) is 0 Å². The zero-order valence-corrected chi connectivity index (χ0v) is 11.5. The summed E-state index contributed by atoms with van der Waals surface area (Å²) in [5.41, 5.74) is 0.169. The van der Waals surface area contributed by atoms with E-state index in [2.05, 4.69) is 11.0 Å². The summed E-state index contributed by atoms with van der Waals surface area (Å²) >= 11 is 0. The standard InChI is InChI=1S/C15H18F2N2/c1-15(2,3)19-9-10(8-18)6-14(19)12-7-11(16)4-5-13(12)17/h4-5,7,10,14H,6,9H2,1-3H3/t10-,14-/m1/s1. The van der Waals surface area contributed by atoms with Crippen molar-refractivity contribution in [2.75, 3.05) is 6.54 Å². The molecule has 1 aliphatic rings. The van der Waals surface area contributed by atoms with Gasteiger partial charge in [-0.15, -0.1) is 0 Å². The van der Waals surface area contributed by atoms with Crippen LogP contribution in [-0.2, 0) is 0 Å². The summed E-state index contributed by atoms with van der Waals surface area (Å²) in [6.45, 7) is 6.67. The Morgan fingerprint density at radius 2 is 2.00 bits per heavy atom. The smallest absolute Gasteiger partial charge is 0.128 e. The zero-order valence-electron chi connectivity index (χ0n) is 11.5. The van der Waals surface area contributed by atoms with E-state index in [0.29, 0.717) is 18.5 Å². The van der Waals surface area contributed by atoms with Crippen molar-refractivity contribution >= 4 is 0 Å². The Bertz CT molecular complexity index is 514. The van der Waals surface area contributed by atoms with Crippen LogP contribution in [0.15, 0.2) is 18.2 Å². The summed E-state index contributed by atoms with van der Waals surface area (Å²) in [6, 6.07) is 5.53. The second-order valence-electron chi connectivity index (χ2n) is 6.07. The molecular weight excluding hydrogens is 246 g/mol. The number of nitrogens with zero attached hydrogens (tertiary/aromatic N) is 2.